The molecule has 122 valence electrons. The number of fused-ring (bicyclic) bond motifs is 1. The van der Waals surface area contributed by atoms with E-state index in [1.807, 2.05) is 24.3 Å². The average molecular weight is 314 g/mol. The van der Waals surface area contributed by atoms with Crippen LogP contribution in [0.5, 0.6) is 0 Å². The highest BCUT2D eigenvalue weighted by Gasteiger charge is 2.16. The minimum atomic E-state index is -0.298. The van der Waals surface area contributed by atoms with Crippen LogP contribution in [0.15, 0.2) is 35.1 Å². The topological polar surface area (TPSA) is 60.3 Å². The number of nitrogens with one attached hydrogen (secondary N) is 1. The van der Waals surface area contributed by atoms with Gasteiger partial charge in [-0.05, 0) is 42.7 Å². The summed E-state index contributed by atoms with van der Waals surface area (Å²) in [4.78, 5) is 24.7. The van der Waals surface area contributed by atoms with Crippen molar-refractivity contribution in [2.24, 2.45) is 13.0 Å². The minimum Gasteiger partial charge on any atom is -0.381 e. The van der Waals surface area contributed by atoms with Crippen LogP contribution >= 0.6 is 0 Å². The molecule has 1 aromatic carbocycles. The highest BCUT2D eigenvalue weighted by atomic mass is 16.5. The Morgan fingerprint density at radius 1 is 1.39 bits per heavy atom. The summed E-state index contributed by atoms with van der Waals surface area (Å²) in [6.07, 6.45) is 3.12. The lowest BCUT2D eigenvalue weighted by Gasteiger charge is -2.21. The van der Waals surface area contributed by atoms with E-state index in [0.29, 0.717) is 12.5 Å². The quantitative estimate of drug-likeness (QED) is 0.940. The summed E-state index contributed by atoms with van der Waals surface area (Å²) in [6.45, 7) is 2.19. The summed E-state index contributed by atoms with van der Waals surface area (Å²) in [6, 6.07) is 9.24. The van der Waals surface area contributed by atoms with Gasteiger partial charge in [-0.1, -0.05) is 18.2 Å². The van der Waals surface area contributed by atoms with Gasteiger partial charge in [-0.2, -0.15) is 0 Å². The van der Waals surface area contributed by atoms with Gasteiger partial charge in [0.25, 0.3) is 11.5 Å². The van der Waals surface area contributed by atoms with Crippen molar-refractivity contribution in [3.05, 3.63) is 46.2 Å². The normalized spacial score (nSPS) is 18.0. The lowest BCUT2D eigenvalue weighted by Crippen LogP contribution is -2.34. The van der Waals surface area contributed by atoms with Gasteiger partial charge in [0, 0.05) is 26.8 Å². The number of carbonyl (C=O) groups is 1. The van der Waals surface area contributed by atoms with Gasteiger partial charge in [0.2, 0.25) is 0 Å². The fourth-order valence-electron chi connectivity index (χ4n) is 3.11. The Bertz CT molecular complexity index is 760. The molecular weight excluding hydrogens is 292 g/mol. The van der Waals surface area contributed by atoms with Crippen molar-refractivity contribution in [1.29, 1.82) is 0 Å². The number of nitrogens with zero attached hydrogens (tertiary/aromatic N) is 1. The zero-order valence-corrected chi connectivity index (χ0v) is 13.4. The monoisotopic (exact) mass is 314 g/mol. The number of pyridine rings is 1. The first kappa shape index (κ1) is 15.7. The van der Waals surface area contributed by atoms with E-state index in [0.717, 1.165) is 43.4 Å². The van der Waals surface area contributed by atoms with Crippen LogP contribution in [0.3, 0.4) is 0 Å². The van der Waals surface area contributed by atoms with E-state index in [1.165, 1.54) is 4.57 Å². The Kier molecular flexibility index (Phi) is 4.76. The third-order valence-electron chi connectivity index (χ3n) is 4.47. The molecule has 1 saturated heterocycles. The Balaban J connectivity index is 1.70. The Labute approximate surface area is 135 Å². The summed E-state index contributed by atoms with van der Waals surface area (Å²) < 4.78 is 6.97. The van der Waals surface area contributed by atoms with Crippen LogP contribution in [0.1, 0.15) is 29.6 Å². The molecule has 0 bridgehead atoms. The lowest BCUT2D eigenvalue weighted by atomic mass is 9.99. The van der Waals surface area contributed by atoms with Gasteiger partial charge in [-0.15, -0.1) is 0 Å². The maximum Gasteiger partial charge on any atom is 0.263 e. The van der Waals surface area contributed by atoms with Crippen molar-refractivity contribution < 1.29 is 9.53 Å². The van der Waals surface area contributed by atoms with E-state index in [2.05, 4.69) is 5.32 Å². The smallest absolute Gasteiger partial charge is 0.263 e. The molecule has 0 spiro atoms. The molecule has 1 amide bonds. The van der Waals surface area contributed by atoms with Gasteiger partial charge in [0.15, 0.2) is 0 Å². The second-order valence-corrected chi connectivity index (χ2v) is 6.11. The van der Waals surface area contributed by atoms with Gasteiger partial charge < -0.3 is 14.6 Å². The fraction of sp³-hybridized carbons (Fsp3) is 0.444. The number of hydrogen-bond donors (Lipinski definition) is 1. The van der Waals surface area contributed by atoms with E-state index in [-0.39, 0.29) is 17.0 Å². The SMILES string of the molecule is Cn1c(=O)c(C(=O)NCC[C@@H]2CCCOC2)cc2ccccc21. The third kappa shape index (κ3) is 3.45. The first-order valence-corrected chi connectivity index (χ1v) is 8.11. The molecule has 0 unspecified atom stereocenters. The molecule has 0 saturated carbocycles. The van der Waals surface area contributed by atoms with Crippen LogP contribution in [0.25, 0.3) is 10.9 Å². The van der Waals surface area contributed by atoms with Crippen molar-refractivity contribution >= 4 is 16.8 Å². The highest BCUT2D eigenvalue weighted by Crippen LogP contribution is 2.16. The molecule has 23 heavy (non-hydrogen) atoms. The molecule has 3 rings (SSSR count). The van der Waals surface area contributed by atoms with Gasteiger partial charge in [-0.25, -0.2) is 0 Å². The first-order valence-electron chi connectivity index (χ1n) is 8.11. The molecule has 2 aromatic rings. The zero-order chi connectivity index (χ0) is 16.2. The number of benzene rings is 1. The van der Waals surface area contributed by atoms with E-state index in [1.54, 1.807) is 13.1 Å². The molecule has 1 aromatic heterocycles. The predicted molar refractivity (Wildman–Crippen MR) is 89.7 cm³/mol. The van der Waals surface area contributed by atoms with Gasteiger partial charge in [-0.3, -0.25) is 9.59 Å². The molecule has 0 radical (unpaired) electrons. The van der Waals surface area contributed by atoms with Crippen molar-refractivity contribution in [2.45, 2.75) is 19.3 Å². The summed E-state index contributed by atoms with van der Waals surface area (Å²) >= 11 is 0. The van der Waals surface area contributed by atoms with E-state index in [4.69, 9.17) is 4.74 Å². The molecule has 1 atom stereocenters. The van der Waals surface area contributed by atoms with Crippen LogP contribution in [0, 0.1) is 5.92 Å². The van der Waals surface area contributed by atoms with Gasteiger partial charge in [0.1, 0.15) is 5.56 Å². The molecule has 5 heteroatoms. The molecule has 1 N–H and O–H groups in total. The van der Waals surface area contributed by atoms with Crippen LogP contribution in [-0.2, 0) is 11.8 Å². The van der Waals surface area contributed by atoms with Gasteiger partial charge in [0.05, 0.1) is 5.52 Å². The number of para-hydroxylation sites is 1. The lowest BCUT2D eigenvalue weighted by molar-refractivity contribution is 0.0514. The minimum absolute atomic E-state index is 0.200. The second kappa shape index (κ2) is 6.96. The van der Waals surface area contributed by atoms with Crippen LogP contribution in [0.4, 0.5) is 0 Å². The second-order valence-electron chi connectivity index (χ2n) is 6.11. The number of aromatic nitrogens is 1. The number of ether oxygens (including phenoxy) is 1. The van der Waals surface area contributed by atoms with Crippen molar-refractivity contribution in [3.8, 4) is 0 Å². The van der Waals surface area contributed by atoms with Crippen molar-refractivity contribution in [2.75, 3.05) is 19.8 Å². The number of carbonyl (C=O) groups excluding carboxylic acids is 1. The highest BCUT2D eigenvalue weighted by molar-refractivity contribution is 5.97. The largest absolute Gasteiger partial charge is 0.381 e. The number of aryl methyl sites for hydroxylation is 1. The summed E-state index contributed by atoms with van der Waals surface area (Å²) in [5.41, 5.74) is 0.765. The third-order valence-corrected chi connectivity index (χ3v) is 4.47. The zero-order valence-electron chi connectivity index (χ0n) is 13.4. The van der Waals surface area contributed by atoms with Gasteiger partial charge >= 0.3 is 0 Å². The number of amides is 1. The average Bonchev–Trinajstić information content (AvgIpc) is 2.59. The molecule has 5 nitrogen and oxygen atoms in total. The van der Waals surface area contributed by atoms with Crippen LogP contribution < -0.4 is 10.9 Å². The van der Waals surface area contributed by atoms with E-state index < -0.39 is 0 Å². The standard InChI is InChI=1S/C18H22N2O3/c1-20-16-7-3-2-6-14(16)11-15(18(20)22)17(21)19-9-8-13-5-4-10-23-12-13/h2-3,6-7,11,13H,4-5,8-10,12H2,1H3,(H,19,21)/t13-/m0/s1. The molecular formula is C18H22N2O3. The number of hydrogen-bond acceptors (Lipinski definition) is 3. The van der Waals surface area contributed by atoms with Crippen molar-refractivity contribution in [3.63, 3.8) is 0 Å². The number of rotatable bonds is 4. The molecule has 1 fully saturated rings. The van der Waals surface area contributed by atoms with Crippen LogP contribution in [0.2, 0.25) is 0 Å². The molecule has 2 heterocycles. The Morgan fingerprint density at radius 2 is 2.22 bits per heavy atom. The first-order chi connectivity index (χ1) is 11.2. The van der Waals surface area contributed by atoms with E-state index >= 15 is 0 Å². The van der Waals surface area contributed by atoms with E-state index in [9.17, 15) is 9.59 Å². The Morgan fingerprint density at radius 3 is 3.00 bits per heavy atom. The maximum absolute atomic E-state index is 12.4. The fourth-order valence-corrected chi connectivity index (χ4v) is 3.11. The summed E-state index contributed by atoms with van der Waals surface area (Å²) in [5, 5.41) is 3.76. The molecule has 1 aliphatic rings. The Hall–Kier alpha value is -2.14. The van der Waals surface area contributed by atoms with Crippen LogP contribution in [-0.4, -0.2) is 30.2 Å². The summed E-state index contributed by atoms with van der Waals surface area (Å²) in [7, 11) is 1.70. The van der Waals surface area contributed by atoms with Crippen molar-refractivity contribution in [1.82, 2.24) is 9.88 Å². The predicted octanol–water partition coefficient (Wildman–Crippen LogP) is 2.08. The molecule has 1 aliphatic heterocycles. The summed E-state index contributed by atoms with van der Waals surface area (Å²) in [5.74, 6) is 0.205. The molecule has 0 aliphatic carbocycles. The maximum atomic E-state index is 12.4.